The summed E-state index contributed by atoms with van der Waals surface area (Å²) in [4.78, 5) is 0. The monoisotopic (exact) mass is 172 g/mol. The first-order valence-electron chi connectivity index (χ1n) is 3.68. The summed E-state index contributed by atoms with van der Waals surface area (Å²) in [5.41, 5.74) is -0.354. The summed E-state index contributed by atoms with van der Waals surface area (Å²) in [5, 5.41) is 20.5. The molecule has 1 unspecified atom stereocenters. The second kappa shape index (κ2) is 3.96. The van der Waals surface area contributed by atoms with Gasteiger partial charge in [-0.2, -0.15) is 17.0 Å². The number of hydrogen-bond acceptors (Lipinski definition) is 4. The third-order valence-electron chi connectivity index (χ3n) is 1.81. The van der Waals surface area contributed by atoms with Crippen LogP contribution in [-0.4, -0.2) is 35.3 Å². The van der Waals surface area contributed by atoms with E-state index < -0.39 is 0 Å². The van der Waals surface area contributed by atoms with Gasteiger partial charge in [0.1, 0.15) is 5.54 Å². The van der Waals surface area contributed by atoms with Gasteiger partial charge >= 0.3 is 0 Å². The molecule has 0 aromatic carbocycles. The predicted molar refractivity (Wildman–Crippen MR) is 45.4 cm³/mol. The minimum absolute atomic E-state index is 0.105. The number of β-amino-alcohol motifs (C(OH)–C–C–N with tert-alkyl or cyclic N) is 1. The van der Waals surface area contributed by atoms with Gasteiger partial charge < -0.3 is 5.11 Å². The van der Waals surface area contributed by atoms with E-state index in [0.29, 0.717) is 6.54 Å². The van der Waals surface area contributed by atoms with Crippen LogP contribution in [0.3, 0.4) is 0 Å². The van der Waals surface area contributed by atoms with Crippen LogP contribution in [0.25, 0.3) is 0 Å². The molecule has 0 aromatic heterocycles. The fraction of sp³-hybridized carbons (Fsp3) is 0.857. The van der Waals surface area contributed by atoms with Gasteiger partial charge in [0.15, 0.2) is 0 Å². The molecule has 0 saturated carbocycles. The van der Waals surface area contributed by atoms with Gasteiger partial charge in [-0.05, 0) is 12.2 Å². The predicted octanol–water partition coefficient (Wildman–Crippen LogP) is -0.0324. The van der Waals surface area contributed by atoms with Crippen LogP contribution < -0.4 is 5.32 Å². The molecule has 0 aromatic rings. The number of nitrogens with one attached hydrogen (secondary N) is 1. The van der Waals surface area contributed by atoms with E-state index in [2.05, 4.69) is 11.4 Å². The highest BCUT2D eigenvalue weighted by molar-refractivity contribution is 7.99. The first-order chi connectivity index (χ1) is 5.33. The number of aliphatic hydroxyl groups excluding tert-OH is 1. The Morgan fingerprint density at radius 1 is 1.73 bits per heavy atom. The van der Waals surface area contributed by atoms with Gasteiger partial charge in [0.05, 0.1) is 12.7 Å². The summed E-state index contributed by atoms with van der Waals surface area (Å²) < 4.78 is 0. The minimum Gasteiger partial charge on any atom is -0.395 e. The Morgan fingerprint density at radius 3 is 3.00 bits per heavy atom. The van der Waals surface area contributed by atoms with E-state index in [1.165, 1.54) is 0 Å². The number of thioether (sulfide) groups is 1. The van der Waals surface area contributed by atoms with Crippen LogP contribution in [0.15, 0.2) is 0 Å². The zero-order valence-corrected chi connectivity index (χ0v) is 7.15. The van der Waals surface area contributed by atoms with Crippen molar-refractivity contribution >= 4 is 11.8 Å². The first-order valence-corrected chi connectivity index (χ1v) is 4.83. The van der Waals surface area contributed by atoms with Gasteiger partial charge in [-0.15, -0.1) is 0 Å². The summed E-state index contributed by atoms with van der Waals surface area (Å²) in [6.07, 6.45) is 0.897. The molecule has 2 N–H and O–H groups in total. The average Bonchev–Trinajstić information content (AvgIpc) is 2.50. The van der Waals surface area contributed by atoms with Crippen LogP contribution in [0.1, 0.15) is 6.42 Å². The number of aliphatic hydroxyl groups is 1. The lowest BCUT2D eigenvalue weighted by atomic mass is 10.0. The molecule has 4 heteroatoms. The Labute approximate surface area is 70.8 Å². The topological polar surface area (TPSA) is 56.0 Å². The lowest BCUT2D eigenvalue weighted by molar-refractivity contribution is 0.277. The van der Waals surface area contributed by atoms with Gasteiger partial charge in [0, 0.05) is 12.3 Å². The summed E-state index contributed by atoms with van der Waals surface area (Å²) in [6, 6.07) is 2.27. The van der Waals surface area contributed by atoms with Crippen molar-refractivity contribution in [3.8, 4) is 6.07 Å². The fourth-order valence-electron chi connectivity index (χ4n) is 1.13. The maximum Gasteiger partial charge on any atom is 0.116 e. The molecule has 1 atom stereocenters. The van der Waals surface area contributed by atoms with Crippen LogP contribution in [-0.2, 0) is 0 Å². The quantitative estimate of drug-likeness (QED) is 0.627. The smallest absolute Gasteiger partial charge is 0.116 e. The molecule has 1 aliphatic heterocycles. The molecule has 1 rings (SSSR count). The maximum absolute atomic E-state index is 8.84. The highest BCUT2D eigenvalue weighted by atomic mass is 32.2. The van der Waals surface area contributed by atoms with Crippen molar-refractivity contribution in [2.45, 2.75) is 12.0 Å². The van der Waals surface area contributed by atoms with E-state index in [0.717, 1.165) is 17.9 Å². The van der Waals surface area contributed by atoms with E-state index in [4.69, 9.17) is 10.4 Å². The van der Waals surface area contributed by atoms with Gasteiger partial charge in [-0.3, -0.25) is 5.32 Å². The van der Waals surface area contributed by atoms with E-state index in [1.807, 2.05) is 0 Å². The van der Waals surface area contributed by atoms with Crippen LogP contribution in [0.5, 0.6) is 0 Å². The lowest BCUT2D eigenvalue weighted by Gasteiger charge is -2.20. The zero-order chi connectivity index (χ0) is 8.16. The fourth-order valence-corrected chi connectivity index (χ4v) is 2.42. The molecule has 1 aliphatic rings. The highest BCUT2D eigenvalue weighted by Crippen LogP contribution is 2.26. The molecule has 0 bridgehead atoms. The summed E-state index contributed by atoms with van der Waals surface area (Å²) in [5.74, 6) is 1.90. The van der Waals surface area contributed by atoms with Crippen molar-refractivity contribution in [1.29, 1.82) is 5.26 Å². The Hall–Kier alpha value is -0.240. The molecule has 3 nitrogen and oxygen atoms in total. The van der Waals surface area contributed by atoms with Crippen LogP contribution in [0.4, 0.5) is 0 Å². The Morgan fingerprint density at radius 2 is 2.55 bits per heavy atom. The molecule has 0 aliphatic carbocycles. The average molecular weight is 172 g/mol. The van der Waals surface area contributed by atoms with Gasteiger partial charge in [-0.1, -0.05) is 0 Å². The van der Waals surface area contributed by atoms with Crippen molar-refractivity contribution in [3.05, 3.63) is 0 Å². The normalized spacial score (nSPS) is 30.2. The van der Waals surface area contributed by atoms with Crippen molar-refractivity contribution in [3.63, 3.8) is 0 Å². The van der Waals surface area contributed by atoms with E-state index in [-0.39, 0.29) is 12.1 Å². The van der Waals surface area contributed by atoms with Crippen molar-refractivity contribution < 1.29 is 5.11 Å². The third-order valence-corrected chi connectivity index (χ3v) is 3.00. The van der Waals surface area contributed by atoms with Crippen LogP contribution in [0, 0.1) is 11.3 Å². The van der Waals surface area contributed by atoms with Crippen molar-refractivity contribution in [1.82, 2.24) is 5.32 Å². The van der Waals surface area contributed by atoms with Gasteiger partial charge in [-0.25, -0.2) is 0 Å². The van der Waals surface area contributed by atoms with Crippen LogP contribution >= 0.6 is 11.8 Å². The SMILES string of the molecule is N#CC1(NCCO)CCSC1. The van der Waals surface area contributed by atoms with Crippen molar-refractivity contribution in [2.75, 3.05) is 24.7 Å². The molecular weight excluding hydrogens is 160 g/mol. The number of nitrogens with zero attached hydrogens (tertiary/aromatic N) is 1. The molecule has 1 fully saturated rings. The Kier molecular flexibility index (Phi) is 3.18. The van der Waals surface area contributed by atoms with Crippen molar-refractivity contribution in [2.24, 2.45) is 0 Å². The largest absolute Gasteiger partial charge is 0.395 e. The van der Waals surface area contributed by atoms with Gasteiger partial charge in [0.2, 0.25) is 0 Å². The Balaban J connectivity index is 2.41. The molecule has 1 saturated heterocycles. The number of rotatable bonds is 3. The molecule has 0 amide bonds. The molecule has 0 spiro atoms. The second-order valence-electron chi connectivity index (χ2n) is 2.65. The third kappa shape index (κ3) is 2.09. The molecule has 11 heavy (non-hydrogen) atoms. The molecule has 62 valence electrons. The second-order valence-corrected chi connectivity index (χ2v) is 3.75. The maximum atomic E-state index is 8.84. The van der Waals surface area contributed by atoms with E-state index >= 15 is 0 Å². The zero-order valence-electron chi connectivity index (χ0n) is 6.34. The summed E-state index contributed by atoms with van der Waals surface area (Å²) in [7, 11) is 0. The summed E-state index contributed by atoms with van der Waals surface area (Å²) >= 11 is 1.79. The van der Waals surface area contributed by atoms with Gasteiger partial charge in [0.25, 0.3) is 0 Å². The summed E-state index contributed by atoms with van der Waals surface area (Å²) in [6.45, 7) is 0.627. The Bertz CT molecular complexity index is 160. The molecular formula is C7H12N2OS. The first kappa shape index (κ1) is 8.85. The standard InChI is InChI=1S/C7H12N2OS/c8-5-7(9-2-3-10)1-4-11-6-7/h9-10H,1-4,6H2. The van der Waals surface area contributed by atoms with Crippen LogP contribution in [0.2, 0.25) is 0 Å². The lowest BCUT2D eigenvalue weighted by Crippen LogP contribution is -2.45. The minimum atomic E-state index is -0.354. The number of nitriles is 1. The molecule has 1 heterocycles. The highest BCUT2D eigenvalue weighted by Gasteiger charge is 2.33. The van der Waals surface area contributed by atoms with E-state index in [9.17, 15) is 0 Å². The molecule has 0 radical (unpaired) electrons. The number of hydrogen-bond donors (Lipinski definition) is 2. The van der Waals surface area contributed by atoms with E-state index in [1.54, 1.807) is 11.8 Å².